The van der Waals surface area contributed by atoms with E-state index >= 15 is 0 Å². The van der Waals surface area contributed by atoms with E-state index in [1.807, 2.05) is 26.0 Å². The highest BCUT2D eigenvalue weighted by molar-refractivity contribution is 7.91. The molecule has 0 N–H and O–H groups in total. The second-order valence-electron chi connectivity index (χ2n) is 6.65. The van der Waals surface area contributed by atoms with Gasteiger partial charge in [0.05, 0.1) is 12.1 Å². The third-order valence-corrected chi connectivity index (χ3v) is 8.17. The van der Waals surface area contributed by atoms with Crippen LogP contribution in [0.4, 0.5) is 5.69 Å². The molecule has 0 spiro atoms. The molecule has 0 bridgehead atoms. The molecule has 144 valence electrons. The van der Waals surface area contributed by atoms with Crippen LogP contribution in [0.25, 0.3) is 0 Å². The number of rotatable bonds is 6. The van der Waals surface area contributed by atoms with Crippen LogP contribution in [-0.2, 0) is 19.6 Å². The highest BCUT2D eigenvalue weighted by Crippen LogP contribution is 2.32. The van der Waals surface area contributed by atoms with Crippen molar-refractivity contribution in [2.45, 2.75) is 49.9 Å². The van der Waals surface area contributed by atoms with E-state index in [4.69, 9.17) is 0 Å². The first-order chi connectivity index (χ1) is 12.8. The first-order valence-electron chi connectivity index (χ1n) is 8.78. The van der Waals surface area contributed by atoms with E-state index in [0.29, 0.717) is 12.1 Å². The van der Waals surface area contributed by atoms with Crippen molar-refractivity contribution in [2.75, 3.05) is 4.90 Å². The Morgan fingerprint density at radius 3 is 2.44 bits per heavy atom. The van der Waals surface area contributed by atoms with E-state index in [9.17, 15) is 18.0 Å². The summed E-state index contributed by atoms with van der Waals surface area (Å²) in [4.78, 5) is 26.8. The van der Waals surface area contributed by atoms with Crippen LogP contribution in [0.5, 0.6) is 0 Å². The van der Waals surface area contributed by atoms with Crippen LogP contribution < -0.4 is 4.90 Å². The van der Waals surface area contributed by atoms with Crippen LogP contribution in [0.2, 0.25) is 0 Å². The second kappa shape index (κ2) is 7.53. The fourth-order valence-electron chi connectivity index (χ4n) is 3.19. The number of hydrogen-bond donors (Lipinski definition) is 0. The summed E-state index contributed by atoms with van der Waals surface area (Å²) in [6, 6.07) is 8.79. The minimum absolute atomic E-state index is 0.151. The molecule has 0 aliphatic carbocycles. The van der Waals surface area contributed by atoms with Gasteiger partial charge in [-0.15, -0.1) is 11.3 Å². The molecule has 1 aromatic carbocycles. The van der Waals surface area contributed by atoms with Crippen LogP contribution >= 0.6 is 11.3 Å². The smallest absolute Gasteiger partial charge is 0.253 e. The van der Waals surface area contributed by atoms with Gasteiger partial charge in [0.15, 0.2) is 0 Å². The summed E-state index contributed by atoms with van der Waals surface area (Å²) in [7, 11) is -3.87. The Morgan fingerprint density at radius 2 is 1.89 bits per heavy atom. The fourth-order valence-corrected chi connectivity index (χ4v) is 6.13. The number of anilines is 1. The van der Waals surface area contributed by atoms with Crippen molar-refractivity contribution in [1.82, 2.24) is 4.31 Å². The number of amides is 2. The maximum atomic E-state index is 13.2. The molecule has 2 aromatic rings. The molecule has 1 aliphatic rings. The molecule has 2 unspecified atom stereocenters. The summed E-state index contributed by atoms with van der Waals surface area (Å²) in [5, 5.41) is 1.68. The van der Waals surface area contributed by atoms with Gasteiger partial charge in [0.25, 0.3) is 15.9 Å². The van der Waals surface area contributed by atoms with Crippen LogP contribution in [0, 0.1) is 6.92 Å². The van der Waals surface area contributed by atoms with Gasteiger partial charge in [-0.25, -0.2) is 13.3 Å². The molecule has 1 fully saturated rings. The standard InChI is InChI=1S/C19H22N2O4S2/c1-4-14(3)21(27(24,25)18-6-5-11-26-18)16-12-17(22)20(19(16)23)15-9-7-13(2)8-10-15/h5-11,14,16H,4,12H2,1-3H3. The van der Waals surface area contributed by atoms with Crippen molar-refractivity contribution in [3.05, 3.63) is 47.3 Å². The number of carbonyl (C=O) groups is 2. The zero-order chi connectivity index (χ0) is 19.8. The Bertz CT molecular complexity index is 937. The molecule has 2 amide bonds. The quantitative estimate of drug-likeness (QED) is 0.691. The van der Waals surface area contributed by atoms with E-state index in [-0.39, 0.29) is 16.5 Å². The van der Waals surface area contributed by atoms with E-state index < -0.39 is 28.0 Å². The first-order valence-corrected chi connectivity index (χ1v) is 11.1. The third-order valence-electron chi connectivity index (χ3n) is 4.77. The first kappa shape index (κ1) is 19.7. The molecular formula is C19H22N2O4S2. The van der Waals surface area contributed by atoms with Gasteiger partial charge in [-0.3, -0.25) is 9.59 Å². The molecular weight excluding hydrogens is 384 g/mol. The Labute approximate surface area is 163 Å². The topological polar surface area (TPSA) is 74.8 Å². The van der Waals surface area contributed by atoms with Crippen LogP contribution in [0.3, 0.4) is 0 Å². The molecule has 0 saturated carbocycles. The molecule has 1 aliphatic heterocycles. The summed E-state index contributed by atoms with van der Waals surface area (Å²) in [6.45, 7) is 5.54. The van der Waals surface area contributed by atoms with Crippen LogP contribution in [0.15, 0.2) is 46.0 Å². The average Bonchev–Trinajstić information content (AvgIpc) is 3.26. The fraction of sp³-hybridized carbons (Fsp3) is 0.368. The van der Waals surface area contributed by atoms with Crippen molar-refractivity contribution < 1.29 is 18.0 Å². The number of carbonyl (C=O) groups excluding carboxylic acids is 2. The summed E-state index contributed by atoms with van der Waals surface area (Å²) < 4.78 is 27.7. The minimum atomic E-state index is -3.87. The number of aryl methyl sites for hydroxylation is 1. The molecule has 3 rings (SSSR count). The van der Waals surface area contributed by atoms with Crippen LogP contribution in [0.1, 0.15) is 32.3 Å². The van der Waals surface area contributed by atoms with Crippen molar-refractivity contribution in [1.29, 1.82) is 0 Å². The van der Waals surface area contributed by atoms with Gasteiger partial charge in [0.2, 0.25) is 5.91 Å². The van der Waals surface area contributed by atoms with Crippen molar-refractivity contribution in [3.8, 4) is 0 Å². The lowest BCUT2D eigenvalue weighted by molar-refractivity contribution is -0.122. The summed E-state index contributed by atoms with van der Waals surface area (Å²) >= 11 is 1.11. The molecule has 27 heavy (non-hydrogen) atoms. The highest BCUT2D eigenvalue weighted by atomic mass is 32.2. The molecule has 6 nitrogen and oxygen atoms in total. The monoisotopic (exact) mass is 406 g/mol. The SMILES string of the molecule is CCC(C)N(C1CC(=O)N(c2ccc(C)cc2)C1=O)S(=O)(=O)c1cccs1. The lowest BCUT2D eigenvalue weighted by Gasteiger charge is -2.31. The Balaban J connectivity index is 2.00. The number of thiophene rings is 1. The van der Waals surface area contributed by atoms with Crippen molar-refractivity contribution in [2.24, 2.45) is 0 Å². The lowest BCUT2D eigenvalue weighted by atomic mass is 10.2. The van der Waals surface area contributed by atoms with Gasteiger partial charge in [0.1, 0.15) is 10.3 Å². The van der Waals surface area contributed by atoms with Gasteiger partial charge in [-0.1, -0.05) is 30.7 Å². The number of nitrogens with zero attached hydrogens (tertiary/aromatic N) is 2. The van der Waals surface area contributed by atoms with Crippen LogP contribution in [-0.4, -0.2) is 36.6 Å². The average molecular weight is 407 g/mol. The van der Waals surface area contributed by atoms with Gasteiger partial charge < -0.3 is 0 Å². The predicted molar refractivity (Wildman–Crippen MR) is 105 cm³/mol. The molecule has 0 radical (unpaired) electrons. The Morgan fingerprint density at radius 1 is 1.22 bits per heavy atom. The van der Waals surface area contributed by atoms with Gasteiger partial charge >= 0.3 is 0 Å². The largest absolute Gasteiger partial charge is 0.274 e. The molecule has 2 atom stereocenters. The van der Waals surface area contributed by atoms with E-state index in [1.165, 1.54) is 10.4 Å². The summed E-state index contributed by atoms with van der Waals surface area (Å²) in [6.07, 6.45) is 0.384. The zero-order valence-corrected chi connectivity index (χ0v) is 17.1. The number of imide groups is 1. The summed E-state index contributed by atoms with van der Waals surface area (Å²) in [5.74, 6) is -0.882. The number of benzene rings is 1. The highest BCUT2D eigenvalue weighted by Gasteiger charge is 2.48. The molecule has 2 heterocycles. The van der Waals surface area contributed by atoms with Gasteiger partial charge in [0, 0.05) is 6.04 Å². The minimum Gasteiger partial charge on any atom is -0.274 e. The number of sulfonamides is 1. The Hall–Kier alpha value is -2.03. The Kier molecular flexibility index (Phi) is 5.50. The maximum Gasteiger partial charge on any atom is 0.253 e. The van der Waals surface area contributed by atoms with E-state index in [0.717, 1.165) is 21.8 Å². The zero-order valence-electron chi connectivity index (χ0n) is 15.5. The van der Waals surface area contributed by atoms with Gasteiger partial charge in [-0.05, 0) is 43.8 Å². The van der Waals surface area contributed by atoms with Crippen molar-refractivity contribution >= 4 is 38.9 Å². The molecule has 1 aromatic heterocycles. The number of hydrogen-bond acceptors (Lipinski definition) is 5. The van der Waals surface area contributed by atoms with Crippen molar-refractivity contribution in [3.63, 3.8) is 0 Å². The maximum absolute atomic E-state index is 13.2. The predicted octanol–water partition coefficient (Wildman–Crippen LogP) is 3.18. The molecule has 1 saturated heterocycles. The van der Waals surface area contributed by atoms with E-state index in [1.54, 1.807) is 30.5 Å². The lowest BCUT2D eigenvalue weighted by Crippen LogP contribution is -2.49. The third kappa shape index (κ3) is 3.56. The van der Waals surface area contributed by atoms with Gasteiger partial charge in [-0.2, -0.15) is 4.31 Å². The van der Waals surface area contributed by atoms with E-state index in [2.05, 4.69) is 0 Å². The summed E-state index contributed by atoms with van der Waals surface area (Å²) in [5.41, 5.74) is 1.48. The second-order valence-corrected chi connectivity index (χ2v) is 9.66. The normalized spacial score (nSPS) is 19.1. The molecule has 8 heteroatoms.